The molecule has 1 unspecified atom stereocenters. The second kappa shape index (κ2) is 8.31. The van der Waals surface area contributed by atoms with Crippen LogP contribution in [0.15, 0.2) is 24.3 Å². The minimum absolute atomic E-state index is 0. The molecule has 2 amide bonds. The van der Waals surface area contributed by atoms with Crippen LogP contribution in [0.3, 0.4) is 0 Å². The van der Waals surface area contributed by atoms with Crippen molar-refractivity contribution in [2.24, 2.45) is 5.92 Å². The number of hydrogen-bond donors (Lipinski definition) is 2. The molecule has 0 aliphatic carbocycles. The van der Waals surface area contributed by atoms with Crippen LogP contribution in [0.1, 0.15) is 31.2 Å². The van der Waals surface area contributed by atoms with Crippen molar-refractivity contribution >= 4 is 29.9 Å². The maximum Gasteiger partial charge on any atom is 0.228 e. The first-order chi connectivity index (χ1) is 10.7. The van der Waals surface area contributed by atoms with Gasteiger partial charge < -0.3 is 15.5 Å². The summed E-state index contributed by atoms with van der Waals surface area (Å²) in [7, 11) is 0. The molecule has 2 N–H and O–H groups in total. The molecule has 0 spiro atoms. The molecule has 1 aromatic rings. The Morgan fingerprint density at radius 1 is 1.35 bits per heavy atom. The molecule has 0 bridgehead atoms. The Kier molecular flexibility index (Phi) is 6.42. The molecule has 23 heavy (non-hydrogen) atoms. The summed E-state index contributed by atoms with van der Waals surface area (Å²) in [4.78, 5) is 25.9. The molecule has 5 nitrogen and oxygen atoms in total. The Morgan fingerprint density at radius 3 is 2.96 bits per heavy atom. The van der Waals surface area contributed by atoms with E-state index in [1.807, 2.05) is 29.2 Å². The number of nitrogens with zero attached hydrogens (tertiary/aromatic N) is 1. The van der Waals surface area contributed by atoms with E-state index in [9.17, 15) is 9.59 Å². The topological polar surface area (TPSA) is 61.4 Å². The maximum atomic E-state index is 12.2. The highest BCUT2D eigenvalue weighted by molar-refractivity contribution is 5.93. The quantitative estimate of drug-likeness (QED) is 0.885. The molecule has 2 fully saturated rings. The zero-order valence-corrected chi connectivity index (χ0v) is 14.0. The van der Waals surface area contributed by atoms with Crippen molar-refractivity contribution < 1.29 is 9.59 Å². The van der Waals surface area contributed by atoms with Gasteiger partial charge in [-0.05, 0) is 43.5 Å². The first-order valence-electron chi connectivity index (χ1n) is 8.11. The normalized spacial score (nSPS) is 21.0. The van der Waals surface area contributed by atoms with E-state index in [1.54, 1.807) is 0 Å². The second-order valence-corrected chi connectivity index (χ2v) is 6.15. The minimum Gasteiger partial charge on any atom is -0.338 e. The van der Waals surface area contributed by atoms with Crippen LogP contribution < -0.4 is 10.6 Å². The molecule has 1 aromatic carbocycles. The number of halogens is 1. The minimum atomic E-state index is 0. The van der Waals surface area contributed by atoms with Crippen molar-refractivity contribution in [3.05, 3.63) is 29.8 Å². The molecule has 0 radical (unpaired) electrons. The lowest BCUT2D eigenvalue weighted by molar-refractivity contribution is -0.133. The third-order valence-corrected chi connectivity index (χ3v) is 4.42. The van der Waals surface area contributed by atoms with E-state index in [4.69, 9.17) is 0 Å². The lowest BCUT2D eigenvalue weighted by Gasteiger charge is -2.26. The van der Waals surface area contributed by atoms with Crippen molar-refractivity contribution in [1.82, 2.24) is 10.2 Å². The van der Waals surface area contributed by atoms with Crippen LogP contribution >= 0.6 is 12.4 Å². The summed E-state index contributed by atoms with van der Waals surface area (Å²) in [5.74, 6) is 0.376. The SMILES string of the molecule is Cl.O=C(Nc1cccc(CN2CCCCC2=O)c1)C1CCNC1. The Labute approximate surface area is 143 Å². The lowest BCUT2D eigenvalue weighted by Crippen LogP contribution is -2.34. The van der Waals surface area contributed by atoms with Crippen LogP contribution in [0, 0.1) is 5.92 Å². The van der Waals surface area contributed by atoms with E-state index in [1.165, 1.54) is 0 Å². The van der Waals surface area contributed by atoms with Crippen LogP contribution in [0.2, 0.25) is 0 Å². The van der Waals surface area contributed by atoms with Crippen LogP contribution in [-0.2, 0) is 16.1 Å². The number of hydrogen-bond acceptors (Lipinski definition) is 3. The molecule has 126 valence electrons. The van der Waals surface area contributed by atoms with E-state index >= 15 is 0 Å². The van der Waals surface area contributed by atoms with Crippen molar-refractivity contribution in [2.75, 3.05) is 25.0 Å². The fourth-order valence-electron chi connectivity index (χ4n) is 3.12. The molecule has 6 heteroatoms. The highest BCUT2D eigenvalue weighted by atomic mass is 35.5. The van der Waals surface area contributed by atoms with Gasteiger partial charge in [-0.15, -0.1) is 12.4 Å². The molecule has 2 aliphatic heterocycles. The van der Waals surface area contributed by atoms with E-state index in [0.29, 0.717) is 13.0 Å². The predicted molar refractivity (Wildman–Crippen MR) is 92.6 cm³/mol. The molecule has 1 atom stereocenters. The summed E-state index contributed by atoms with van der Waals surface area (Å²) in [6, 6.07) is 7.82. The monoisotopic (exact) mass is 337 g/mol. The smallest absolute Gasteiger partial charge is 0.228 e. The van der Waals surface area contributed by atoms with E-state index < -0.39 is 0 Å². The van der Waals surface area contributed by atoms with Crippen molar-refractivity contribution in [1.29, 1.82) is 0 Å². The van der Waals surface area contributed by atoms with E-state index in [0.717, 1.165) is 50.1 Å². The Bertz CT molecular complexity index is 559. The predicted octanol–water partition coefficient (Wildman–Crippen LogP) is 2.17. The summed E-state index contributed by atoms with van der Waals surface area (Å²) in [6.45, 7) is 3.14. The summed E-state index contributed by atoms with van der Waals surface area (Å²) in [5.41, 5.74) is 1.89. The molecule has 2 saturated heterocycles. The molecule has 0 aromatic heterocycles. The summed E-state index contributed by atoms with van der Waals surface area (Å²) in [5, 5.41) is 6.19. The molecule has 2 heterocycles. The molecular formula is C17H24ClN3O2. The van der Waals surface area contributed by atoms with Gasteiger partial charge in [0.2, 0.25) is 11.8 Å². The van der Waals surface area contributed by atoms with Crippen LogP contribution in [0.5, 0.6) is 0 Å². The number of carbonyl (C=O) groups excluding carboxylic acids is 2. The molecular weight excluding hydrogens is 314 g/mol. The number of anilines is 1. The third kappa shape index (κ3) is 4.69. The van der Waals surface area contributed by atoms with Gasteiger partial charge in [-0.3, -0.25) is 9.59 Å². The van der Waals surface area contributed by atoms with Crippen molar-refractivity contribution in [2.45, 2.75) is 32.2 Å². The van der Waals surface area contributed by atoms with Crippen LogP contribution in [0.4, 0.5) is 5.69 Å². The number of likely N-dealkylation sites (tertiary alicyclic amines) is 1. The average Bonchev–Trinajstić information content (AvgIpc) is 3.04. The zero-order valence-electron chi connectivity index (χ0n) is 13.2. The van der Waals surface area contributed by atoms with Gasteiger partial charge in [-0.25, -0.2) is 0 Å². The third-order valence-electron chi connectivity index (χ3n) is 4.42. The number of carbonyl (C=O) groups is 2. The summed E-state index contributed by atoms with van der Waals surface area (Å²) < 4.78 is 0. The number of rotatable bonds is 4. The van der Waals surface area contributed by atoms with Gasteiger partial charge >= 0.3 is 0 Å². The fraction of sp³-hybridized carbons (Fsp3) is 0.529. The number of piperidine rings is 1. The van der Waals surface area contributed by atoms with Gasteiger partial charge in [-0.2, -0.15) is 0 Å². The summed E-state index contributed by atoms with van der Waals surface area (Å²) in [6.07, 6.45) is 3.64. The Morgan fingerprint density at radius 2 is 2.22 bits per heavy atom. The number of nitrogens with one attached hydrogen (secondary N) is 2. The van der Waals surface area contributed by atoms with Gasteiger partial charge in [0.1, 0.15) is 0 Å². The average molecular weight is 338 g/mol. The van der Waals surface area contributed by atoms with Crippen molar-refractivity contribution in [3.8, 4) is 0 Å². The van der Waals surface area contributed by atoms with Gasteiger partial charge in [0.25, 0.3) is 0 Å². The molecule has 2 aliphatic rings. The maximum absolute atomic E-state index is 12.2. The van der Waals surface area contributed by atoms with Gasteiger partial charge in [-0.1, -0.05) is 12.1 Å². The largest absolute Gasteiger partial charge is 0.338 e. The Hall–Kier alpha value is -1.59. The highest BCUT2D eigenvalue weighted by Gasteiger charge is 2.22. The number of amides is 2. The zero-order chi connectivity index (χ0) is 15.4. The van der Waals surface area contributed by atoms with Gasteiger partial charge in [0.15, 0.2) is 0 Å². The fourth-order valence-corrected chi connectivity index (χ4v) is 3.12. The van der Waals surface area contributed by atoms with Gasteiger partial charge in [0, 0.05) is 31.7 Å². The summed E-state index contributed by atoms with van der Waals surface area (Å²) >= 11 is 0. The first-order valence-corrected chi connectivity index (χ1v) is 8.11. The van der Waals surface area contributed by atoms with Crippen LogP contribution in [-0.4, -0.2) is 36.3 Å². The molecule has 0 saturated carbocycles. The number of benzene rings is 1. The van der Waals surface area contributed by atoms with Crippen molar-refractivity contribution in [3.63, 3.8) is 0 Å². The van der Waals surface area contributed by atoms with E-state index in [-0.39, 0.29) is 30.1 Å². The molecule has 3 rings (SSSR count). The standard InChI is InChI=1S/C17H23N3O2.ClH/c21-16-6-1-2-9-20(16)12-13-4-3-5-15(10-13)19-17(22)14-7-8-18-11-14;/h3-5,10,14,18H,1-2,6-9,11-12H2,(H,19,22);1H. The second-order valence-electron chi connectivity index (χ2n) is 6.15. The van der Waals surface area contributed by atoms with E-state index in [2.05, 4.69) is 10.6 Å². The van der Waals surface area contributed by atoms with Crippen LogP contribution in [0.25, 0.3) is 0 Å². The first kappa shape index (κ1) is 17.8. The highest BCUT2D eigenvalue weighted by Crippen LogP contribution is 2.18. The van der Waals surface area contributed by atoms with Gasteiger partial charge in [0.05, 0.1) is 5.92 Å². The Balaban J connectivity index is 0.00000192. The lowest BCUT2D eigenvalue weighted by atomic mass is 10.1.